The molecule has 23 heavy (non-hydrogen) atoms. The molecule has 0 saturated carbocycles. The number of carbonyl (C=O) groups is 1. The van der Waals surface area contributed by atoms with Gasteiger partial charge in [-0.15, -0.1) is 0 Å². The summed E-state index contributed by atoms with van der Waals surface area (Å²) in [5.74, 6) is 0.961. The molecular weight excluding hydrogens is 354 g/mol. The molecule has 1 N–H and O–H groups in total. The van der Waals surface area contributed by atoms with Crippen LogP contribution in [0.3, 0.4) is 0 Å². The first-order valence-electron chi connectivity index (χ1n) is 7.61. The van der Waals surface area contributed by atoms with Gasteiger partial charge in [-0.3, -0.25) is 4.79 Å². The standard InChI is InChI=1S/C18H18BrN3O/c1-13-21-16-8-2-3-9-17(16)22(13)11-5-10-20-18(23)14-6-4-7-15(19)12-14/h2-4,6-9,12H,5,10-11H2,1H3,(H,20,23). The summed E-state index contributed by atoms with van der Waals surface area (Å²) in [7, 11) is 0. The molecule has 118 valence electrons. The van der Waals surface area contributed by atoms with E-state index in [0.717, 1.165) is 34.3 Å². The van der Waals surface area contributed by atoms with E-state index in [1.807, 2.05) is 49.4 Å². The molecule has 0 atom stereocenters. The van der Waals surface area contributed by atoms with Gasteiger partial charge >= 0.3 is 0 Å². The van der Waals surface area contributed by atoms with E-state index in [1.54, 1.807) is 0 Å². The van der Waals surface area contributed by atoms with Gasteiger partial charge in [0.25, 0.3) is 5.91 Å². The van der Waals surface area contributed by atoms with Gasteiger partial charge in [-0.1, -0.05) is 34.1 Å². The van der Waals surface area contributed by atoms with Crippen LogP contribution in [0.5, 0.6) is 0 Å². The number of rotatable bonds is 5. The van der Waals surface area contributed by atoms with Crippen LogP contribution in [0.4, 0.5) is 0 Å². The van der Waals surface area contributed by atoms with Crippen molar-refractivity contribution < 1.29 is 4.79 Å². The van der Waals surface area contributed by atoms with Crippen LogP contribution in [0, 0.1) is 6.92 Å². The van der Waals surface area contributed by atoms with Gasteiger partial charge in [0.1, 0.15) is 5.82 Å². The zero-order valence-corrected chi connectivity index (χ0v) is 14.5. The Kier molecular flexibility index (Phi) is 4.76. The summed E-state index contributed by atoms with van der Waals surface area (Å²) in [4.78, 5) is 16.6. The van der Waals surface area contributed by atoms with E-state index in [2.05, 4.69) is 36.9 Å². The van der Waals surface area contributed by atoms with Gasteiger partial charge < -0.3 is 9.88 Å². The molecule has 0 aliphatic heterocycles. The lowest BCUT2D eigenvalue weighted by Crippen LogP contribution is -2.25. The third kappa shape index (κ3) is 3.62. The minimum absolute atomic E-state index is 0.0430. The first-order valence-corrected chi connectivity index (χ1v) is 8.40. The van der Waals surface area contributed by atoms with E-state index in [9.17, 15) is 4.79 Å². The fraction of sp³-hybridized carbons (Fsp3) is 0.222. The lowest BCUT2D eigenvalue weighted by atomic mass is 10.2. The number of para-hydroxylation sites is 2. The molecule has 0 aliphatic carbocycles. The Hall–Kier alpha value is -2.14. The summed E-state index contributed by atoms with van der Waals surface area (Å²) in [6.07, 6.45) is 0.862. The molecule has 5 heteroatoms. The summed E-state index contributed by atoms with van der Waals surface area (Å²) in [5, 5.41) is 2.96. The van der Waals surface area contributed by atoms with Gasteiger partial charge in [0, 0.05) is 23.1 Å². The Bertz CT molecular complexity index is 841. The molecule has 3 aromatic rings. The molecule has 3 rings (SSSR count). The van der Waals surface area contributed by atoms with Gasteiger partial charge in [-0.05, 0) is 43.7 Å². The average Bonchev–Trinajstić information content (AvgIpc) is 2.87. The summed E-state index contributed by atoms with van der Waals surface area (Å²) >= 11 is 3.38. The quantitative estimate of drug-likeness (QED) is 0.690. The van der Waals surface area contributed by atoms with Crippen molar-refractivity contribution in [2.45, 2.75) is 19.9 Å². The Morgan fingerprint density at radius 2 is 2.04 bits per heavy atom. The van der Waals surface area contributed by atoms with Gasteiger partial charge in [-0.2, -0.15) is 0 Å². The lowest BCUT2D eigenvalue weighted by molar-refractivity contribution is 0.0952. The van der Waals surface area contributed by atoms with E-state index in [0.29, 0.717) is 12.1 Å². The Morgan fingerprint density at radius 3 is 2.87 bits per heavy atom. The summed E-state index contributed by atoms with van der Waals surface area (Å²) in [5.41, 5.74) is 2.83. The van der Waals surface area contributed by atoms with Crippen molar-refractivity contribution in [1.82, 2.24) is 14.9 Å². The molecule has 0 radical (unpaired) electrons. The van der Waals surface area contributed by atoms with E-state index >= 15 is 0 Å². The second kappa shape index (κ2) is 6.96. The molecule has 0 unspecified atom stereocenters. The minimum Gasteiger partial charge on any atom is -0.352 e. The number of amides is 1. The van der Waals surface area contributed by atoms with Gasteiger partial charge in [0.05, 0.1) is 11.0 Å². The van der Waals surface area contributed by atoms with Crippen molar-refractivity contribution in [1.29, 1.82) is 0 Å². The molecular formula is C18H18BrN3O. The SMILES string of the molecule is Cc1nc2ccccc2n1CCCNC(=O)c1cccc(Br)c1. The summed E-state index contributed by atoms with van der Waals surface area (Å²) < 4.78 is 3.10. The number of benzene rings is 2. The van der Waals surface area contributed by atoms with E-state index in [1.165, 1.54) is 0 Å². The number of nitrogens with zero attached hydrogens (tertiary/aromatic N) is 2. The highest BCUT2D eigenvalue weighted by atomic mass is 79.9. The third-order valence-corrected chi connectivity index (χ3v) is 4.27. The second-order valence-corrected chi connectivity index (χ2v) is 6.33. The molecule has 0 fully saturated rings. The predicted octanol–water partition coefficient (Wildman–Crippen LogP) is 3.93. The Labute approximate surface area is 143 Å². The lowest BCUT2D eigenvalue weighted by Gasteiger charge is -2.08. The monoisotopic (exact) mass is 371 g/mol. The number of aryl methyl sites for hydroxylation is 2. The molecule has 1 aromatic heterocycles. The van der Waals surface area contributed by atoms with Crippen molar-refractivity contribution in [2.75, 3.05) is 6.54 Å². The smallest absolute Gasteiger partial charge is 0.251 e. The largest absolute Gasteiger partial charge is 0.352 e. The molecule has 0 aliphatic rings. The number of hydrogen-bond acceptors (Lipinski definition) is 2. The van der Waals surface area contributed by atoms with Gasteiger partial charge in [-0.25, -0.2) is 4.98 Å². The van der Waals surface area contributed by atoms with Gasteiger partial charge in [0.2, 0.25) is 0 Å². The normalized spacial score (nSPS) is 10.9. The molecule has 0 spiro atoms. The number of carbonyl (C=O) groups excluding carboxylic acids is 1. The Morgan fingerprint density at radius 1 is 1.22 bits per heavy atom. The van der Waals surface area contributed by atoms with Crippen molar-refractivity contribution >= 4 is 32.9 Å². The number of halogens is 1. The van der Waals surface area contributed by atoms with E-state index < -0.39 is 0 Å². The van der Waals surface area contributed by atoms with Crippen LogP contribution in [0.1, 0.15) is 22.6 Å². The maximum Gasteiger partial charge on any atom is 0.251 e. The van der Waals surface area contributed by atoms with Crippen LogP contribution >= 0.6 is 15.9 Å². The van der Waals surface area contributed by atoms with Crippen molar-refractivity contribution in [3.63, 3.8) is 0 Å². The van der Waals surface area contributed by atoms with E-state index in [-0.39, 0.29) is 5.91 Å². The van der Waals surface area contributed by atoms with Crippen LogP contribution < -0.4 is 5.32 Å². The summed E-state index contributed by atoms with van der Waals surface area (Å²) in [6.45, 7) is 3.49. The fourth-order valence-electron chi connectivity index (χ4n) is 2.65. The molecule has 1 heterocycles. The number of fused-ring (bicyclic) bond motifs is 1. The van der Waals surface area contributed by atoms with Gasteiger partial charge in [0.15, 0.2) is 0 Å². The number of aromatic nitrogens is 2. The van der Waals surface area contributed by atoms with Crippen molar-refractivity contribution in [2.24, 2.45) is 0 Å². The maximum atomic E-state index is 12.1. The first kappa shape index (κ1) is 15.7. The second-order valence-electron chi connectivity index (χ2n) is 5.42. The van der Waals surface area contributed by atoms with Crippen molar-refractivity contribution in [3.05, 3.63) is 64.4 Å². The molecule has 0 bridgehead atoms. The highest BCUT2D eigenvalue weighted by Crippen LogP contribution is 2.15. The zero-order chi connectivity index (χ0) is 16.2. The molecule has 2 aromatic carbocycles. The van der Waals surface area contributed by atoms with Crippen LogP contribution in [-0.4, -0.2) is 22.0 Å². The first-order chi connectivity index (χ1) is 11.1. The topological polar surface area (TPSA) is 46.9 Å². The number of hydrogen-bond donors (Lipinski definition) is 1. The summed E-state index contributed by atoms with van der Waals surface area (Å²) in [6, 6.07) is 15.5. The maximum absolute atomic E-state index is 12.1. The highest BCUT2D eigenvalue weighted by molar-refractivity contribution is 9.10. The third-order valence-electron chi connectivity index (χ3n) is 3.78. The number of imidazole rings is 1. The predicted molar refractivity (Wildman–Crippen MR) is 95.6 cm³/mol. The van der Waals surface area contributed by atoms with Crippen LogP contribution in [0.2, 0.25) is 0 Å². The Balaban J connectivity index is 1.57. The fourth-order valence-corrected chi connectivity index (χ4v) is 3.05. The molecule has 0 saturated heterocycles. The number of nitrogens with one attached hydrogen (secondary N) is 1. The minimum atomic E-state index is -0.0430. The van der Waals surface area contributed by atoms with Crippen molar-refractivity contribution in [3.8, 4) is 0 Å². The average molecular weight is 372 g/mol. The molecule has 4 nitrogen and oxygen atoms in total. The zero-order valence-electron chi connectivity index (χ0n) is 12.9. The van der Waals surface area contributed by atoms with Crippen LogP contribution in [-0.2, 0) is 6.54 Å². The van der Waals surface area contributed by atoms with Crippen LogP contribution in [0.25, 0.3) is 11.0 Å². The van der Waals surface area contributed by atoms with Crippen LogP contribution in [0.15, 0.2) is 53.0 Å². The highest BCUT2D eigenvalue weighted by Gasteiger charge is 2.07. The molecule has 1 amide bonds. The van der Waals surface area contributed by atoms with E-state index in [4.69, 9.17) is 0 Å².